The maximum Gasteiger partial charge on any atom is 0.303 e. The summed E-state index contributed by atoms with van der Waals surface area (Å²) >= 11 is 0. The fraction of sp³-hybridized carbons (Fsp3) is 0.591. The molecule has 0 aromatic heterocycles. The summed E-state index contributed by atoms with van der Waals surface area (Å²) in [5.41, 5.74) is 0. The summed E-state index contributed by atoms with van der Waals surface area (Å²) in [5.74, 6) is -1.29. The molecule has 0 aromatic carbocycles. The molecule has 1 aliphatic rings. The molecule has 1 aliphatic carbocycles. The third-order valence-electron chi connectivity index (χ3n) is 4.81. The SMILES string of the molecule is CC/C=C\C/C=C\C/C=C\C[C@@H]1[C@H](/C=C/C(O)CCC(=O)O)[C@@H](O)C[C@H]1O. The van der Waals surface area contributed by atoms with E-state index >= 15 is 0 Å². The molecule has 5 atom stereocenters. The highest BCUT2D eigenvalue weighted by Gasteiger charge is 2.39. The summed E-state index contributed by atoms with van der Waals surface area (Å²) in [6, 6.07) is 0. The van der Waals surface area contributed by atoms with Crippen LogP contribution in [-0.4, -0.2) is 44.7 Å². The molecule has 0 saturated heterocycles. The van der Waals surface area contributed by atoms with E-state index in [0.29, 0.717) is 12.8 Å². The summed E-state index contributed by atoms with van der Waals surface area (Å²) in [6.07, 6.45) is 17.6. The van der Waals surface area contributed by atoms with Crippen LogP contribution in [0.2, 0.25) is 0 Å². The van der Waals surface area contributed by atoms with Gasteiger partial charge in [0.15, 0.2) is 0 Å². The quantitative estimate of drug-likeness (QED) is 0.390. The van der Waals surface area contributed by atoms with E-state index in [9.17, 15) is 20.1 Å². The third-order valence-corrected chi connectivity index (χ3v) is 4.81. The summed E-state index contributed by atoms with van der Waals surface area (Å²) in [5, 5.41) is 38.9. The average molecular weight is 379 g/mol. The van der Waals surface area contributed by atoms with Crippen LogP contribution in [0.15, 0.2) is 48.6 Å². The zero-order valence-electron chi connectivity index (χ0n) is 16.2. The zero-order valence-corrected chi connectivity index (χ0v) is 16.2. The fourth-order valence-corrected chi connectivity index (χ4v) is 3.29. The highest BCUT2D eigenvalue weighted by molar-refractivity contribution is 5.66. The second kappa shape index (κ2) is 13.5. The first-order chi connectivity index (χ1) is 13.0. The van der Waals surface area contributed by atoms with Crippen molar-refractivity contribution in [2.45, 2.75) is 70.2 Å². The van der Waals surface area contributed by atoms with Gasteiger partial charge in [0.25, 0.3) is 0 Å². The number of aliphatic hydroxyl groups is 3. The topological polar surface area (TPSA) is 98.0 Å². The number of aliphatic hydroxyl groups excluding tert-OH is 3. The van der Waals surface area contributed by atoms with E-state index in [1.807, 2.05) is 6.08 Å². The lowest BCUT2D eigenvalue weighted by atomic mass is 9.89. The van der Waals surface area contributed by atoms with Gasteiger partial charge in [0, 0.05) is 18.8 Å². The van der Waals surface area contributed by atoms with Crippen LogP contribution in [0.5, 0.6) is 0 Å². The van der Waals surface area contributed by atoms with Crippen LogP contribution >= 0.6 is 0 Å². The number of hydrogen-bond donors (Lipinski definition) is 4. The lowest BCUT2D eigenvalue weighted by molar-refractivity contribution is -0.137. The first kappa shape index (κ1) is 23.3. The molecule has 5 nitrogen and oxygen atoms in total. The second-order valence-corrected chi connectivity index (χ2v) is 7.03. The minimum atomic E-state index is -0.947. The van der Waals surface area contributed by atoms with Crippen molar-refractivity contribution in [3.63, 3.8) is 0 Å². The first-order valence-electron chi connectivity index (χ1n) is 9.85. The Bertz CT molecular complexity index is 535. The molecule has 0 aromatic rings. The molecule has 0 bridgehead atoms. The number of hydrogen-bond acceptors (Lipinski definition) is 4. The molecule has 4 N–H and O–H groups in total. The van der Waals surface area contributed by atoms with Crippen LogP contribution in [0.3, 0.4) is 0 Å². The molecule has 27 heavy (non-hydrogen) atoms. The van der Waals surface area contributed by atoms with Gasteiger partial charge in [0.2, 0.25) is 0 Å². The summed E-state index contributed by atoms with van der Waals surface area (Å²) in [6.45, 7) is 2.11. The molecule has 1 fully saturated rings. The monoisotopic (exact) mass is 378 g/mol. The maximum atomic E-state index is 10.5. The highest BCUT2D eigenvalue weighted by atomic mass is 16.4. The van der Waals surface area contributed by atoms with E-state index in [2.05, 4.69) is 37.3 Å². The van der Waals surface area contributed by atoms with E-state index in [0.717, 1.165) is 19.3 Å². The predicted molar refractivity (Wildman–Crippen MR) is 107 cm³/mol. The zero-order chi connectivity index (χ0) is 20.1. The molecule has 0 spiro atoms. The number of rotatable bonds is 12. The van der Waals surface area contributed by atoms with Crippen molar-refractivity contribution in [2.24, 2.45) is 11.8 Å². The minimum absolute atomic E-state index is 0.101. The lowest BCUT2D eigenvalue weighted by Crippen LogP contribution is -2.20. The molecular weight excluding hydrogens is 344 g/mol. The average Bonchev–Trinajstić information content (AvgIpc) is 2.89. The lowest BCUT2D eigenvalue weighted by Gasteiger charge is -2.19. The van der Waals surface area contributed by atoms with E-state index in [1.54, 1.807) is 6.08 Å². The molecule has 0 amide bonds. The molecule has 5 heteroatoms. The summed E-state index contributed by atoms with van der Waals surface area (Å²) in [4.78, 5) is 10.5. The normalized spacial score (nSPS) is 27.6. The van der Waals surface area contributed by atoms with Crippen molar-refractivity contribution >= 4 is 5.97 Å². The molecule has 1 rings (SSSR count). The van der Waals surface area contributed by atoms with Gasteiger partial charge in [-0.15, -0.1) is 0 Å². The van der Waals surface area contributed by atoms with Crippen molar-refractivity contribution in [2.75, 3.05) is 0 Å². The minimum Gasteiger partial charge on any atom is -0.481 e. The Morgan fingerprint density at radius 2 is 1.67 bits per heavy atom. The Balaban J connectivity index is 2.47. The van der Waals surface area contributed by atoms with Crippen LogP contribution in [0.1, 0.15) is 51.9 Å². The number of carboxylic acids is 1. The molecule has 1 unspecified atom stereocenters. The van der Waals surface area contributed by atoms with Crippen molar-refractivity contribution < 1.29 is 25.2 Å². The molecular formula is C22H34O5. The Kier molecular flexibility index (Phi) is 11.7. The molecule has 0 heterocycles. The van der Waals surface area contributed by atoms with Gasteiger partial charge >= 0.3 is 5.97 Å². The Labute approximate surface area is 162 Å². The van der Waals surface area contributed by atoms with E-state index < -0.39 is 24.3 Å². The standard InChI is InChI=1S/C22H34O5/c1-2-3-4-5-6-7-8-9-10-11-18-19(21(25)16-20(18)24)14-12-17(23)13-15-22(26)27/h3-4,6-7,9-10,12,14,17-21,23-25H,2,5,8,11,13,15-16H2,1H3,(H,26,27)/b4-3-,7-6-,10-9-,14-12+/t17?,18-,19+,20-,21+/m1/s1. The smallest absolute Gasteiger partial charge is 0.303 e. The molecule has 152 valence electrons. The van der Waals surface area contributed by atoms with Crippen molar-refractivity contribution in [1.29, 1.82) is 0 Å². The van der Waals surface area contributed by atoms with Gasteiger partial charge < -0.3 is 20.4 Å². The summed E-state index contributed by atoms with van der Waals surface area (Å²) in [7, 11) is 0. The van der Waals surface area contributed by atoms with Gasteiger partial charge in [-0.2, -0.15) is 0 Å². The fourth-order valence-electron chi connectivity index (χ4n) is 3.29. The highest BCUT2D eigenvalue weighted by Crippen LogP contribution is 2.36. The third kappa shape index (κ3) is 9.70. The maximum absolute atomic E-state index is 10.5. The van der Waals surface area contributed by atoms with Crippen molar-refractivity contribution in [1.82, 2.24) is 0 Å². The number of aliphatic carboxylic acids is 1. The van der Waals surface area contributed by atoms with Gasteiger partial charge in [0.05, 0.1) is 18.3 Å². The predicted octanol–water partition coefficient (Wildman–Crippen LogP) is 3.38. The van der Waals surface area contributed by atoms with Gasteiger partial charge in [-0.05, 0) is 38.0 Å². The van der Waals surface area contributed by atoms with Crippen LogP contribution in [0.4, 0.5) is 0 Å². The largest absolute Gasteiger partial charge is 0.481 e. The Morgan fingerprint density at radius 3 is 2.30 bits per heavy atom. The van der Waals surface area contributed by atoms with Gasteiger partial charge in [-0.3, -0.25) is 4.79 Å². The number of allylic oxidation sites excluding steroid dienone is 6. The van der Waals surface area contributed by atoms with Gasteiger partial charge in [-0.1, -0.05) is 55.5 Å². The Morgan fingerprint density at radius 1 is 1.04 bits per heavy atom. The number of carboxylic acid groups (broad SMARTS) is 1. The van der Waals surface area contributed by atoms with Crippen molar-refractivity contribution in [3.8, 4) is 0 Å². The van der Waals surface area contributed by atoms with Crippen LogP contribution < -0.4 is 0 Å². The molecule has 0 aliphatic heterocycles. The van der Waals surface area contributed by atoms with Crippen molar-refractivity contribution in [3.05, 3.63) is 48.6 Å². The van der Waals surface area contributed by atoms with E-state index in [-0.39, 0.29) is 24.7 Å². The number of carbonyl (C=O) groups is 1. The Hall–Kier alpha value is -1.69. The second-order valence-electron chi connectivity index (χ2n) is 7.03. The first-order valence-corrected chi connectivity index (χ1v) is 9.85. The van der Waals surface area contributed by atoms with Crippen LogP contribution in [-0.2, 0) is 4.79 Å². The van der Waals surface area contributed by atoms with Gasteiger partial charge in [-0.25, -0.2) is 0 Å². The van der Waals surface area contributed by atoms with Crippen LogP contribution in [0.25, 0.3) is 0 Å². The summed E-state index contributed by atoms with van der Waals surface area (Å²) < 4.78 is 0. The van der Waals surface area contributed by atoms with Crippen LogP contribution in [0, 0.1) is 11.8 Å². The van der Waals surface area contributed by atoms with E-state index in [4.69, 9.17) is 5.11 Å². The molecule has 1 saturated carbocycles. The van der Waals surface area contributed by atoms with E-state index in [1.165, 1.54) is 6.08 Å². The molecule has 0 radical (unpaired) electrons. The van der Waals surface area contributed by atoms with Gasteiger partial charge in [0.1, 0.15) is 0 Å².